The molecule has 4 nitrogen and oxygen atoms in total. The molecule has 0 aliphatic heterocycles. The average molecular weight is 456 g/mol. The molecule has 0 atom stereocenters. The van der Waals surface area contributed by atoms with Gasteiger partial charge < -0.3 is 9.47 Å². The van der Waals surface area contributed by atoms with Gasteiger partial charge in [-0.2, -0.15) is 0 Å². The molecule has 0 N–H and O–H groups in total. The average Bonchev–Trinajstić information content (AvgIpc) is 3.23. The molecular formula is C28H22ClNO3. The van der Waals surface area contributed by atoms with Gasteiger partial charge in [-0.25, -0.2) is 9.78 Å². The zero-order chi connectivity index (χ0) is 22.6. The maximum absolute atomic E-state index is 13.2. The number of fused-ring (bicyclic) bond motifs is 2. The van der Waals surface area contributed by atoms with Crippen molar-refractivity contribution in [1.29, 1.82) is 0 Å². The highest BCUT2D eigenvalue weighted by Gasteiger charge is 2.27. The number of benzene rings is 3. The van der Waals surface area contributed by atoms with Gasteiger partial charge in [0, 0.05) is 5.39 Å². The number of carbonyl (C=O) groups is 1. The molecule has 0 bridgehead atoms. The SMILES string of the molecule is O=C(OCCOc1ccccc1Cl)c1c2c(nc3ccccc13)C(=Cc1ccccc1)CC2. The van der Waals surface area contributed by atoms with Crippen LogP contribution < -0.4 is 4.74 Å². The maximum atomic E-state index is 13.2. The third kappa shape index (κ3) is 4.48. The summed E-state index contributed by atoms with van der Waals surface area (Å²) in [7, 11) is 0. The number of pyridine rings is 1. The lowest BCUT2D eigenvalue weighted by molar-refractivity contribution is 0.0451. The number of halogens is 1. The predicted molar refractivity (Wildman–Crippen MR) is 132 cm³/mol. The van der Waals surface area contributed by atoms with Gasteiger partial charge in [-0.15, -0.1) is 0 Å². The predicted octanol–water partition coefficient (Wildman–Crippen LogP) is 6.61. The molecule has 1 aliphatic rings. The van der Waals surface area contributed by atoms with E-state index < -0.39 is 0 Å². The summed E-state index contributed by atoms with van der Waals surface area (Å²) in [5.41, 5.74) is 5.49. The molecule has 164 valence electrons. The number of ether oxygens (including phenoxy) is 2. The molecule has 1 aliphatic carbocycles. The number of allylic oxidation sites excluding steroid dienone is 1. The van der Waals surface area contributed by atoms with Crippen LogP contribution in [-0.2, 0) is 11.2 Å². The minimum atomic E-state index is -0.353. The Morgan fingerprint density at radius 3 is 2.52 bits per heavy atom. The molecule has 0 fully saturated rings. The molecule has 0 saturated heterocycles. The third-order valence-corrected chi connectivity index (χ3v) is 6.01. The highest BCUT2D eigenvalue weighted by Crippen LogP contribution is 2.37. The van der Waals surface area contributed by atoms with Crippen molar-refractivity contribution in [3.8, 4) is 5.75 Å². The Bertz CT molecular complexity index is 1350. The molecule has 5 rings (SSSR count). The summed E-state index contributed by atoms with van der Waals surface area (Å²) < 4.78 is 11.3. The quantitative estimate of drug-likeness (QED) is 0.242. The van der Waals surface area contributed by atoms with Crippen LogP contribution in [0.15, 0.2) is 78.9 Å². The zero-order valence-corrected chi connectivity index (χ0v) is 18.7. The van der Waals surface area contributed by atoms with Crippen molar-refractivity contribution in [2.24, 2.45) is 0 Å². The molecule has 0 spiro atoms. The minimum absolute atomic E-state index is 0.127. The van der Waals surface area contributed by atoms with Crippen molar-refractivity contribution in [1.82, 2.24) is 4.98 Å². The van der Waals surface area contributed by atoms with Crippen molar-refractivity contribution >= 4 is 40.1 Å². The first-order chi connectivity index (χ1) is 16.2. The van der Waals surface area contributed by atoms with E-state index in [0.29, 0.717) is 16.3 Å². The number of carbonyl (C=O) groups excluding carboxylic acids is 1. The summed E-state index contributed by atoms with van der Waals surface area (Å²) in [6.45, 7) is 0.349. The lowest BCUT2D eigenvalue weighted by Gasteiger charge is -2.13. The first-order valence-corrected chi connectivity index (χ1v) is 11.3. The molecule has 0 unspecified atom stereocenters. The maximum Gasteiger partial charge on any atom is 0.339 e. The summed E-state index contributed by atoms with van der Waals surface area (Å²) in [5.74, 6) is 0.217. The fraction of sp³-hybridized carbons (Fsp3) is 0.143. The van der Waals surface area contributed by atoms with E-state index in [-0.39, 0.29) is 19.2 Å². The third-order valence-electron chi connectivity index (χ3n) is 5.70. The van der Waals surface area contributed by atoms with Crippen molar-refractivity contribution < 1.29 is 14.3 Å². The lowest BCUT2D eigenvalue weighted by atomic mass is 10.0. The molecule has 0 saturated carbocycles. The zero-order valence-electron chi connectivity index (χ0n) is 18.0. The van der Waals surface area contributed by atoms with Crippen LogP contribution in [0, 0.1) is 0 Å². The Morgan fingerprint density at radius 1 is 0.909 bits per heavy atom. The molecule has 4 aromatic rings. The first-order valence-electron chi connectivity index (χ1n) is 10.9. The van der Waals surface area contributed by atoms with Gasteiger partial charge >= 0.3 is 5.97 Å². The molecule has 1 aromatic heterocycles. The largest absolute Gasteiger partial charge is 0.488 e. The number of aromatic nitrogens is 1. The van der Waals surface area contributed by atoms with Gasteiger partial charge in [0.2, 0.25) is 0 Å². The summed E-state index contributed by atoms with van der Waals surface area (Å²) in [6, 6.07) is 25.1. The van der Waals surface area contributed by atoms with E-state index in [1.165, 1.54) is 0 Å². The summed E-state index contributed by atoms with van der Waals surface area (Å²) in [6.07, 6.45) is 3.75. The number of nitrogens with zero attached hydrogens (tertiary/aromatic N) is 1. The van der Waals surface area contributed by atoms with Crippen LogP contribution in [-0.4, -0.2) is 24.2 Å². The Hall–Kier alpha value is -3.63. The molecule has 0 radical (unpaired) electrons. The highest BCUT2D eigenvalue weighted by atomic mass is 35.5. The normalized spacial score (nSPS) is 13.8. The number of hydrogen-bond acceptors (Lipinski definition) is 4. The molecular weight excluding hydrogens is 434 g/mol. The lowest BCUT2D eigenvalue weighted by Crippen LogP contribution is -2.15. The molecule has 1 heterocycles. The van der Waals surface area contributed by atoms with E-state index in [9.17, 15) is 4.79 Å². The Morgan fingerprint density at radius 2 is 1.67 bits per heavy atom. The molecule has 33 heavy (non-hydrogen) atoms. The van der Waals surface area contributed by atoms with Gasteiger partial charge in [0.05, 0.1) is 21.8 Å². The van der Waals surface area contributed by atoms with Crippen molar-refractivity contribution in [2.45, 2.75) is 12.8 Å². The van der Waals surface area contributed by atoms with Crippen LogP contribution in [0.3, 0.4) is 0 Å². The number of hydrogen-bond donors (Lipinski definition) is 0. The number of rotatable bonds is 6. The van der Waals surface area contributed by atoms with E-state index in [4.69, 9.17) is 26.1 Å². The van der Waals surface area contributed by atoms with Crippen LogP contribution >= 0.6 is 11.6 Å². The van der Waals surface area contributed by atoms with Gasteiger partial charge in [0.15, 0.2) is 0 Å². The van der Waals surface area contributed by atoms with Crippen LogP contribution in [0.1, 0.15) is 33.6 Å². The molecule has 5 heteroatoms. The van der Waals surface area contributed by atoms with Crippen LogP contribution in [0.4, 0.5) is 0 Å². The second-order valence-electron chi connectivity index (χ2n) is 7.83. The van der Waals surface area contributed by atoms with Crippen molar-refractivity contribution in [3.63, 3.8) is 0 Å². The first kappa shape index (κ1) is 21.2. The monoisotopic (exact) mass is 455 g/mol. The summed E-state index contributed by atoms with van der Waals surface area (Å²) in [5, 5.41) is 1.34. The topological polar surface area (TPSA) is 48.4 Å². The Kier molecular flexibility index (Phi) is 6.09. The van der Waals surface area contributed by atoms with Crippen molar-refractivity contribution in [2.75, 3.05) is 13.2 Å². The smallest absolute Gasteiger partial charge is 0.339 e. The minimum Gasteiger partial charge on any atom is -0.488 e. The standard InChI is InChI=1S/C28H22ClNO3/c29-23-11-5-7-13-25(23)32-16-17-33-28(31)26-21-10-4-6-12-24(21)30-27-20(14-15-22(26)27)18-19-8-2-1-3-9-19/h1-13,18H,14-17H2. The van der Waals surface area contributed by atoms with Crippen LogP contribution in [0.5, 0.6) is 5.75 Å². The van der Waals surface area contributed by atoms with E-state index in [2.05, 4.69) is 18.2 Å². The van der Waals surface area contributed by atoms with E-state index >= 15 is 0 Å². The van der Waals surface area contributed by atoms with Crippen LogP contribution in [0.2, 0.25) is 5.02 Å². The van der Waals surface area contributed by atoms with Gasteiger partial charge in [0.1, 0.15) is 19.0 Å². The fourth-order valence-electron chi connectivity index (χ4n) is 4.18. The van der Waals surface area contributed by atoms with E-state index in [1.807, 2.05) is 54.6 Å². The Labute approximate surface area is 197 Å². The van der Waals surface area contributed by atoms with E-state index in [0.717, 1.165) is 46.1 Å². The Balaban J connectivity index is 1.41. The second kappa shape index (κ2) is 9.47. The van der Waals surface area contributed by atoms with Gasteiger partial charge in [-0.1, -0.05) is 72.3 Å². The summed E-state index contributed by atoms with van der Waals surface area (Å²) >= 11 is 6.12. The van der Waals surface area contributed by atoms with Crippen molar-refractivity contribution in [3.05, 3.63) is 106 Å². The summed E-state index contributed by atoms with van der Waals surface area (Å²) in [4.78, 5) is 18.1. The van der Waals surface area contributed by atoms with E-state index in [1.54, 1.807) is 12.1 Å². The number of para-hydroxylation sites is 2. The highest BCUT2D eigenvalue weighted by molar-refractivity contribution is 6.32. The van der Waals surface area contributed by atoms with Gasteiger partial charge in [0.25, 0.3) is 0 Å². The molecule has 0 amide bonds. The second-order valence-corrected chi connectivity index (χ2v) is 8.23. The van der Waals surface area contributed by atoms with Crippen LogP contribution in [0.25, 0.3) is 22.6 Å². The van der Waals surface area contributed by atoms with Gasteiger partial charge in [-0.3, -0.25) is 0 Å². The fourth-order valence-corrected chi connectivity index (χ4v) is 4.37. The number of esters is 1. The van der Waals surface area contributed by atoms with Gasteiger partial charge in [-0.05, 0) is 53.8 Å². The molecule has 3 aromatic carbocycles.